The third kappa shape index (κ3) is 0.956. The molecule has 0 aromatic carbocycles. The van der Waals surface area contributed by atoms with Crippen molar-refractivity contribution in [1.82, 2.24) is 5.32 Å². The van der Waals surface area contributed by atoms with Crippen LogP contribution in [0.2, 0.25) is 0 Å². The normalized spacial score (nSPS) is 37.5. The van der Waals surface area contributed by atoms with E-state index in [1.54, 1.807) is 0 Å². The molecule has 0 bridgehead atoms. The van der Waals surface area contributed by atoms with E-state index in [1.165, 1.54) is 25.7 Å². The molecule has 2 fully saturated rings. The lowest BCUT2D eigenvalue weighted by atomic mass is 9.77. The first-order chi connectivity index (χ1) is 4.81. The zero-order valence-electron chi connectivity index (χ0n) is 6.52. The Morgan fingerprint density at radius 1 is 1.40 bits per heavy atom. The minimum atomic E-state index is 0.286. The summed E-state index contributed by atoms with van der Waals surface area (Å²) in [4.78, 5) is 0. The molecule has 0 aromatic rings. The van der Waals surface area contributed by atoms with E-state index in [0.717, 1.165) is 6.54 Å². The average molecular weight is 141 g/mol. The summed E-state index contributed by atoms with van der Waals surface area (Å²) in [5.74, 6) is 0. The first-order valence-corrected chi connectivity index (χ1v) is 4.22. The predicted molar refractivity (Wildman–Crippen MR) is 39.7 cm³/mol. The molecule has 2 rings (SSSR count). The highest BCUT2D eigenvalue weighted by Crippen LogP contribution is 2.40. The number of nitrogens with one attached hydrogen (secondary N) is 1. The Bertz CT molecular complexity index is 131. The summed E-state index contributed by atoms with van der Waals surface area (Å²) in [7, 11) is 0. The van der Waals surface area contributed by atoms with Crippen LogP contribution in [0.25, 0.3) is 0 Å². The molecule has 2 aliphatic rings. The van der Waals surface area contributed by atoms with Gasteiger partial charge in [-0.05, 0) is 32.6 Å². The van der Waals surface area contributed by atoms with E-state index in [-0.39, 0.29) is 6.23 Å². The smallest absolute Gasteiger partial charge is 0.106 e. The third-order valence-corrected chi connectivity index (χ3v) is 2.70. The Labute approximate surface area is 61.9 Å². The fourth-order valence-electron chi connectivity index (χ4n) is 1.92. The summed E-state index contributed by atoms with van der Waals surface area (Å²) in [5.41, 5.74) is 0.310. The van der Waals surface area contributed by atoms with Gasteiger partial charge >= 0.3 is 0 Å². The molecule has 1 aliphatic carbocycles. The molecule has 1 unspecified atom stereocenters. The molecule has 0 amide bonds. The minimum Gasteiger partial charge on any atom is -0.357 e. The summed E-state index contributed by atoms with van der Waals surface area (Å²) in [5, 5.41) is 3.28. The summed E-state index contributed by atoms with van der Waals surface area (Å²) in [6.45, 7) is 3.24. The number of hydrogen-bond donors (Lipinski definition) is 1. The van der Waals surface area contributed by atoms with Gasteiger partial charge in [0.2, 0.25) is 0 Å². The van der Waals surface area contributed by atoms with Crippen molar-refractivity contribution in [2.75, 3.05) is 6.54 Å². The molecule has 1 N–H and O–H groups in total. The molecule has 58 valence electrons. The highest BCUT2D eigenvalue weighted by Gasteiger charge is 2.40. The molecule has 1 spiro atoms. The first-order valence-electron chi connectivity index (χ1n) is 4.22. The number of hydrogen-bond acceptors (Lipinski definition) is 2. The largest absolute Gasteiger partial charge is 0.357 e. The van der Waals surface area contributed by atoms with Crippen molar-refractivity contribution in [3.8, 4) is 0 Å². The Morgan fingerprint density at radius 2 is 2.20 bits per heavy atom. The number of ether oxygens (including phenoxy) is 1. The molecule has 1 atom stereocenters. The van der Waals surface area contributed by atoms with Crippen LogP contribution in [-0.4, -0.2) is 18.4 Å². The van der Waals surface area contributed by atoms with E-state index in [2.05, 4.69) is 12.2 Å². The maximum atomic E-state index is 5.80. The molecule has 1 saturated carbocycles. The first kappa shape index (κ1) is 6.62. The fourth-order valence-corrected chi connectivity index (χ4v) is 1.92. The van der Waals surface area contributed by atoms with E-state index < -0.39 is 0 Å². The number of rotatable bonds is 0. The molecular weight excluding hydrogens is 126 g/mol. The van der Waals surface area contributed by atoms with Crippen LogP contribution in [0.3, 0.4) is 0 Å². The predicted octanol–water partition coefficient (Wildman–Crippen LogP) is 1.27. The van der Waals surface area contributed by atoms with Gasteiger partial charge in [0.05, 0.1) is 5.60 Å². The second-order valence-corrected chi connectivity index (χ2v) is 3.50. The van der Waals surface area contributed by atoms with Crippen LogP contribution in [0.5, 0.6) is 0 Å². The van der Waals surface area contributed by atoms with Crippen molar-refractivity contribution < 1.29 is 4.74 Å². The quantitative estimate of drug-likeness (QED) is 0.548. The van der Waals surface area contributed by atoms with Crippen molar-refractivity contribution in [2.45, 2.75) is 44.4 Å². The van der Waals surface area contributed by atoms with Crippen LogP contribution in [0.4, 0.5) is 0 Å². The minimum absolute atomic E-state index is 0.286. The molecule has 1 aliphatic heterocycles. The van der Waals surface area contributed by atoms with Crippen LogP contribution in [0.1, 0.15) is 32.6 Å². The Balaban J connectivity index is 1.96. The molecule has 2 nitrogen and oxygen atoms in total. The topological polar surface area (TPSA) is 21.3 Å². The van der Waals surface area contributed by atoms with Crippen LogP contribution >= 0.6 is 0 Å². The van der Waals surface area contributed by atoms with Gasteiger partial charge in [-0.1, -0.05) is 0 Å². The molecule has 2 heteroatoms. The Hall–Kier alpha value is -0.0800. The maximum Gasteiger partial charge on any atom is 0.106 e. The monoisotopic (exact) mass is 141 g/mol. The van der Waals surface area contributed by atoms with Gasteiger partial charge in [-0.15, -0.1) is 0 Å². The van der Waals surface area contributed by atoms with Gasteiger partial charge in [0.25, 0.3) is 0 Å². The summed E-state index contributed by atoms with van der Waals surface area (Å²) < 4.78 is 5.80. The molecule has 0 radical (unpaired) electrons. The van der Waals surface area contributed by atoms with Gasteiger partial charge < -0.3 is 4.74 Å². The van der Waals surface area contributed by atoms with Crippen molar-refractivity contribution in [1.29, 1.82) is 0 Å². The molecule has 0 aromatic heterocycles. The summed E-state index contributed by atoms with van der Waals surface area (Å²) >= 11 is 0. The van der Waals surface area contributed by atoms with Crippen LogP contribution < -0.4 is 5.32 Å². The SMILES string of the molecule is CC1NCCC2(CCC2)O1. The van der Waals surface area contributed by atoms with Gasteiger partial charge in [-0.2, -0.15) is 0 Å². The molecule has 10 heavy (non-hydrogen) atoms. The second kappa shape index (κ2) is 2.21. The van der Waals surface area contributed by atoms with Crippen molar-refractivity contribution in [2.24, 2.45) is 0 Å². The van der Waals surface area contributed by atoms with Crippen LogP contribution in [-0.2, 0) is 4.74 Å². The van der Waals surface area contributed by atoms with Crippen LogP contribution in [0, 0.1) is 0 Å². The van der Waals surface area contributed by atoms with E-state index in [9.17, 15) is 0 Å². The van der Waals surface area contributed by atoms with Gasteiger partial charge in [0.1, 0.15) is 6.23 Å². The molecule has 1 saturated heterocycles. The third-order valence-electron chi connectivity index (χ3n) is 2.70. The van der Waals surface area contributed by atoms with E-state index >= 15 is 0 Å². The summed E-state index contributed by atoms with van der Waals surface area (Å²) in [6, 6.07) is 0. The zero-order chi connectivity index (χ0) is 7.03. The zero-order valence-corrected chi connectivity index (χ0v) is 6.52. The fraction of sp³-hybridized carbons (Fsp3) is 1.00. The Kier molecular flexibility index (Phi) is 1.46. The van der Waals surface area contributed by atoms with Gasteiger partial charge in [0.15, 0.2) is 0 Å². The van der Waals surface area contributed by atoms with Gasteiger partial charge in [-0.3, -0.25) is 5.32 Å². The van der Waals surface area contributed by atoms with Gasteiger partial charge in [-0.25, -0.2) is 0 Å². The second-order valence-electron chi connectivity index (χ2n) is 3.50. The summed E-state index contributed by atoms with van der Waals surface area (Å²) in [6.07, 6.45) is 5.45. The van der Waals surface area contributed by atoms with Crippen LogP contribution in [0.15, 0.2) is 0 Å². The highest BCUT2D eigenvalue weighted by atomic mass is 16.5. The Morgan fingerprint density at radius 3 is 2.60 bits per heavy atom. The molecule has 1 heterocycles. The van der Waals surface area contributed by atoms with E-state index in [0.29, 0.717) is 5.60 Å². The maximum absolute atomic E-state index is 5.80. The highest BCUT2D eigenvalue weighted by molar-refractivity contribution is 4.92. The van der Waals surface area contributed by atoms with Crippen molar-refractivity contribution >= 4 is 0 Å². The van der Waals surface area contributed by atoms with Gasteiger partial charge in [0, 0.05) is 6.54 Å². The van der Waals surface area contributed by atoms with Crippen molar-refractivity contribution in [3.05, 3.63) is 0 Å². The standard InChI is InChI=1S/C8H15NO/c1-7-9-6-5-8(10-7)3-2-4-8/h7,9H,2-6H2,1H3. The lowest BCUT2D eigenvalue weighted by molar-refractivity contribution is -0.168. The van der Waals surface area contributed by atoms with E-state index in [1.807, 2.05) is 0 Å². The lowest BCUT2D eigenvalue weighted by Crippen LogP contribution is -2.52. The molecular formula is C8H15NO. The van der Waals surface area contributed by atoms with E-state index in [4.69, 9.17) is 4.74 Å². The van der Waals surface area contributed by atoms with Crippen molar-refractivity contribution in [3.63, 3.8) is 0 Å². The lowest BCUT2D eigenvalue weighted by Gasteiger charge is -2.47. The average Bonchev–Trinajstić information content (AvgIpc) is 1.85.